The van der Waals surface area contributed by atoms with E-state index in [1.54, 1.807) is 12.1 Å². The van der Waals surface area contributed by atoms with Crippen LogP contribution in [0.25, 0.3) is 0 Å². The van der Waals surface area contributed by atoms with Crippen molar-refractivity contribution in [2.45, 2.75) is 38.6 Å². The van der Waals surface area contributed by atoms with Crippen molar-refractivity contribution in [3.05, 3.63) is 23.8 Å². The van der Waals surface area contributed by atoms with E-state index in [0.717, 1.165) is 31.4 Å². The number of hydrogen-bond acceptors (Lipinski definition) is 3. The first-order chi connectivity index (χ1) is 8.57. The Morgan fingerprint density at radius 1 is 1.53 bits per heavy atom. The zero-order chi connectivity index (χ0) is 13.2. The van der Waals surface area contributed by atoms with Gasteiger partial charge in [-0.1, -0.05) is 13.0 Å². The van der Waals surface area contributed by atoms with Gasteiger partial charge in [0.25, 0.3) is 0 Å². The molecule has 1 aromatic carbocycles. The largest absolute Gasteiger partial charge is 0.506 e. The van der Waals surface area contributed by atoms with E-state index in [-0.39, 0.29) is 24.1 Å². The van der Waals surface area contributed by atoms with Crippen molar-refractivity contribution in [2.75, 3.05) is 11.9 Å². The summed E-state index contributed by atoms with van der Waals surface area (Å²) in [6, 6.07) is 5.20. The summed E-state index contributed by atoms with van der Waals surface area (Å²) in [7, 11) is 0. The number of benzene rings is 1. The monoisotopic (exact) mass is 284 g/mol. The maximum Gasteiger partial charge on any atom is 0.244 e. The van der Waals surface area contributed by atoms with Gasteiger partial charge in [-0.25, -0.2) is 0 Å². The SMILES string of the molecule is CCC1(C(=O)Nc2cc(C)ccc2O)CCCN1.Cl. The quantitative estimate of drug-likeness (QED) is 0.748. The van der Waals surface area contributed by atoms with E-state index in [4.69, 9.17) is 0 Å². The van der Waals surface area contributed by atoms with E-state index in [9.17, 15) is 9.90 Å². The molecule has 0 spiro atoms. The number of phenolic OH excluding ortho intramolecular Hbond substituents is 1. The van der Waals surface area contributed by atoms with Crippen LogP contribution in [-0.4, -0.2) is 23.1 Å². The van der Waals surface area contributed by atoms with Crippen LogP contribution in [0.2, 0.25) is 0 Å². The maximum absolute atomic E-state index is 12.3. The average molecular weight is 285 g/mol. The smallest absolute Gasteiger partial charge is 0.244 e. The van der Waals surface area contributed by atoms with Gasteiger partial charge in [-0.15, -0.1) is 12.4 Å². The van der Waals surface area contributed by atoms with Crippen molar-refractivity contribution in [2.24, 2.45) is 0 Å². The summed E-state index contributed by atoms with van der Waals surface area (Å²) < 4.78 is 0. The Kier molecular flexibility index (Phi) is 5.20. The van der Waals surface area contributed by atoms with Crippen LogP contribution in [0.3, 0.4) is 0 Å². The molecule has 4 nitrogen and oxygen atoms in total. The van der Waals surface area contributed by atoms with Crippen molar-refractivity contribution in [1.29, 1.82) is 0 Å². The van der Waals surface area contributed by atoms with Gasteiger partial charge in [-0.2, -0.15) is 0 Å². The summed E-state index contributed by atoms with van der Waals surface area (Å²) in [4.78, 5) is 12.3. The molecule has 1 heterocycles. The number of hydrogen-bond donors (Lipinski definition) is 3. The lowest BCUT2D eigenvalue weighted by atomic mass is 9.93. The lowest BCUT2D eigenvalue weighted by Gasteiger charge is -2.26. The number of carbonyl (C=O) groups is 1. The van der Waals surface area contributed by atoms with Crippen molar-refractivity contribution in [3.63, 3.8) is 0 Å². The van der Waals surface area contributed by atoms with Gasteiger partial charge >= 0.3 is 0 Å². The molecule has 0 bridgehead atoms. The van der Waals surface area contributed by atoms with Crippen LogP contribution in [0.1, 0.15) is 31.7 Å². The second kappa shape index (κ2) is 6.26. The first-order valence-corrected chi connectivity index (χ1v) is 6.43. The topological polar surface area (TPSA) is 61.4 Å². The van der Waals surface area contributed by atoms with Crippen LogP contribution in [0, 0.1) is 6.92 Å². The van der Waals surface area contributed by atoms with Crippen LogP contribution in [-0.2, 0) is 4.79 Å². The Morgan fingerprint density at radius 3 is 2.84 bits per heavy atom. The van der Waals surface area contributed by atoms with Gasteiger partial charge in [-0.05, 0) is 50.4 Å². The maximum atomic E-state index is 12.3. The predicted octanol–water partition coefficient (Wildman–Crippen LogP) is 2.59. The highest BCUT2D eigenvalue weighted by molar-refractivity contribution is 5.99. The van der Waals surface area contributed by atoms with Gasteiger partial charge < -0.3 is 15.7 Å². The molecule has 1 aromatic rings. The van der Waals surface area contributed by atoms with Crippen LogP contribution in [0.4, 0.5) is 5.69 Å². The summed E-state index contributed by atoms with van der Waals surface area (Å²) in [5.41, 5.74) is 1.02. The third-order valence-corrected chi connectivity index (χ3v) is 3.68. The predicted molar refractivity (Wildman–Crippen MR) is 79.0 cm³/mol. The Hall–Kier alpha value is -1.26. The Morgan fingerprint density at radius 2 is 2.26 bits per heavy atom. The minimum absolute atomic E-state index is 0. The van der Waals surface area contributed by atoms with Crippen LogP contribution < -0.4 is 10.6 Å². The number of carbonyl (C=O) groups excluding carboxylic acids is 1. The highest BCUT2D eigenvalue weighted by atomic mass is 35.5. The molecule has 5 heteroatoms. The zero-order valence-electron chi connectivity index (χ0n) is 11.3. The lowest BCUT2D eigenvalue weighted by molar-refractivity contribution is -0.122. The van der Waals surface area contributed by atoms with Crippen molar-refractivity contribution in [3.8, 4) is 5.75 Å². The first-order valence-electron chi connectivity index (χ1n) is 6.43. The number of anilines is 1. The number of halogens is 1. The molecule has 1 unspecified atom stereocenters. The minimum Gasteiger partial charge on any atom is -0.506 e. The van der Waals surface area contributed by atoms with Crippen molar-refractivity contribution < 1.29 is 9.90 Å². The molecule has 3 N–H and O–H groups in total. The third-order valence-electron chi connectivity index (χ3n) is 3.68. The highest BCUT2D eigenvalue weighted by Crippen LogP contribution is 2.28. The Bertz CT molecular complexity index is 457. The highest BCUT2D eigenvalue weighted by Gasteiger charge is 2.39. The van der Waals surface area contributed by atoms with Crippen molar-refractivity contribution in [1.82, 2.24) is 5.32 Å². The van der Waals surface area contributed by atoms with Gasteiger partial charge in [0.05, 0.1) is 11.2 Å². The van der Waals surface area contributed by atoms with E-state index >= 15 is 0 Å². The molecule has 1 atom stereocenters. The average Bonchev–Trinajstić information content (AvgIpc) is 2.84. The van der Waals surface area contributed by atoms with Crippen LogP contribution >= 0.6 is 12.4 Å². The Balaban J connectivity index is 0.00000180. The molecule has 0 saturated carbocycles. The molecule has 19 heavy (non-hydrogen) atoms. The summed E-state index contributed by atoms with van der Waals surface area (Å²) >= 11 is 0. The molecule has 2 rings (SSSR count). The molecule has 1 amide bonds. The summed E-state index contributed by atoms with van der Waals surface area (Å²) in [6.07, 6.45) is 2.62. The fourth-order valence-corrected chi connectivity index (χ4v) is 2.45. The molecule has 0 radical (unpaired) electrons. The fourth-order valence-electron chi connectivity index (χ4n) is 2.45. The molecule has 1 aliphatic heterocycles. The van der Waals surface area contributed by atoms with E-state index in [2.05, 4.69) is 10.6 Å². The van der Waals surface area contributed by atoms with E-state index < -0.39 is 5.54 Å². The molecule has 1 fully saturated rings. The third kappa shape index (κ3) is 3.19. The molecule has 1 saturated heterocycles. The first kappa shape index (κ1) is 15.8. The second-order valence-electron chi connectivity index (χ2n) is 4.94. The normalized spacial score (nSPS) is 21.8. The van der Waals surface area contributed by atoms with Crippen molar-refractivity contribution >= 4 is 24.0 Å². The summed E-state index contributed by atoms with van der Waals surface area (Å²) in [6.45, 7) is 4.81. The number of phenols is 1. The zero-order valence-corrected chi connectivity index (χ0v) is 12.1. The standard InChI is InChI=1S/C14H20N2O2.ClH/c1-3-14(7-4-8-15-14)13(18)16-11-9-10(2)5-6-12(11)17;/h5-6,9,15,17H,3-4,7-8H2,1-2H3,(H,16,18);1H. The summed E-state index contributed by atoms with van der Waals surface area (Å²) in [5.74, 6) is 0.0570. The summed E-state index contributed by atoms with van der Waals surface area (Å²) in [5, 5.41) is 15.9. The molecule has 0 aromatic heterocycles. The lowest BCUT2D eigenvalue weighted by Crippen LogP contribution is -2.50. The number of nitrogens with one attached hydrogen (secondary N) is 2. The number of rotatable bonds is 3. The fraction of sp³-hybridized carbons (Fsp3) is 0.500. The van der Waals surface area contributed by atoms with E-state index in [0.29, 0.717) is 5.69 Å². The molecule has 1 aliphatic rings. The number of amides is 1. The Labute approximate surface area is 120 Å². The van der Waals surface area contributed by atoms with Gasteiger partial charge in [0.1, 0.15) is 5.75 Å². The van der Waals surface area contributed by atoms with Gasteiger partial charge in [0.2, 0.25) is 5.91 Å². The molecular formula is C14H21ClN2O2. The second-order valence-corrected chi connectivity index (χ2v) is 4.94. The van der Waals surface area contributed by atoms with Crippen LogP contribution in [0.15, 0.2) is 18.2 Å². The van der Waals surface area contributed by atoms with E-state index in [1.807, 2.05) is 19.9 Å². The van der Waals surface area contributed by atoms with Gasteiger partial charge in [-0.3, -0.25) is 4.79 Å². The molecule has 0 aliphatic carbocycles. The minimum atomic E-state index is -0.476. The van der Waals surface area contributed by atoms with E-state index in [1.165, 1.54) is 0 Å². The molecular weight excluding hydrogens is 264 g/mol. The number of aromatic hydroxyl groups is 1. The van der Waals surface area contributed by atoms with Gasteiger partial charge in [0.15, 0.2) is 0 Å². The van der Waals surface area contributed by atoms with Crippen LogP contribution in [0.5, 0.6) is 5.75 Å². The van der Waals surface area contributed by atoms with Gasteiger partial charge in [0, 0.05) is 0 Å². The molecule has 106 valence electrons. The number of aryl methyl sites for hydroxylation is 1.